The second-order valence-electron chi connectivity index (χ2n) is 6.68. The molecular formula is C17H24N2O2S. The number of carbonyl (C=O) groups is 1. The first-order valence-electron chi connectivity index (χ1n) is 8.50. The lowest BCUT2D eigenvalue weighted by atomic mass is 9.90. The highest BCUT2D eigenvalue weighted by molar-refractivity contribution is 7.10. The average Bonchev–Trinajstić information content (AvgIpc) is 3.02. The van der Waals surface area contributed by atoms with Crippen molar-refractivity contribution in [1.29, 1.82) is 0 Å². The monoisotopic (exact) mass is 320 g/mol. The molecule has 1 saturated carbocycles. The van der Waals surface area contributed by atoms with Crippen molar-refractivity contribution < 1.29 is 9.53 Å². The molecule has 1 amide bonds. The van der Waals surface area contributed by atoms with E-state index in [2.05, 4.69) is 21.2 Å². The van der Waals surface area contributed by atoms with Gasteiger partial charge in [0.1, 0.15) is 0 Å². The summed E-state index contributed by atoms with van der Waals surface area (Å²) < 4.78 is 5.88. The highest BCUT2D eigenvalue weighted by atomic mass is 32.1. The van der Waals surface area contributed by atoms with E-state index in [0.717, 1.165) is 38.9 Å². The molecule has 2 aliphatic heterocycles. The summed E-state index contributed by atoms with van der Waals surface area (Å²) in [6.45, 7) is 4.00. The highest BCUT2D eigenvalue weighted by Crippen LogP contribution is 2.29. The highest BCUT2D eigenvalue weighted by Gasteiger charge is 2.37. The lowest BCUT2D eigenvalue weighted by Crippen LogP contribution is -2.56. The third-order valence-corrected chi connectivity index (χ3v) is 6.32. The van der Waals surface area contributed by atoms with E-state index in [1.807, 2.05) is 11.3 Å². The predicted octanol–water partition coefficient (Wildman–Crippen LogP) is 2.28. The smallest absolute Gasteiger partial charge is 0.237 e. The largest absolute Gasteiger partial charge is 0.374 e. The molecule has 1 aliphatic carbocycles. The van der Waals surface area contributed by atoms with Crippen LogP contribution in [0.2, 0.25) is 0 Å². The normalized spacial score (nSPS) is 29.0. The van der Waals surface area contributed by atoms with E-state index >= 15 is 0 Å². The van der Waals surface area contributed by atoms with Crippen LogP contribution in [-0.2, 0) is 22.5 Å². The zero-order valence-corrected chi connectivity index (χ0v) is 13.8. The standard InChI is InChI=1S/C17H24N2O2S/c20-17(12-18-7-5-16-13(11-18)6-10-22-16)19-8-9-21-15-4-2-1-3-14(15)19/h6,10,14-15H,1-5,7-9,11-12H2/t14-,15-/m1/s1. The fourth-order valence-electron chi connectivity index (χ4n) is 4.13. The zero-order valence-electron chi connectivity index (χ0n) is 13.0. The van der Waals surface area contributed by atoms with Gasteiger partial charge in [-0.25, -0.2) is 0 Å². The van der Waals surface area contributed by atoms with Crippen LogP contribution >= 0.6 is 11.3 Å². The van der Waals surface area contributed by atoms with Gasteiger partial charge in [-0.3, -0.25) is 9.69 Å². The minimum Gasteiger partial charge on any atom is -0.374 e. The molecule has 3 heterocycles. The van der Waals surface area contributed by atoms with Gasteiger partial charge in [-0.2, -0.15) is 0 Å². The Morgan fingerprint density at radius 2 is 2.23 bits per heavy atom. The van der Waals surface area contributed by atoms with Gasteiger partial charge in [0.15, 0.2) is 0 Å². The quantitative estimate of drug-likeness (QED) is 0.838. The number of ether oxygens (including phenoxy) is 1. The molecule has 0 aromatic carbocycles. The van der Waals surface area contributed by atoms with Crippen LogP contribution in [0, 0.1) is 0 Å². The summed E-state index contributed by atoms with van der Waals surface area (Å²) in [6.07, 6.45) is 6.10. The number of rotatable bonds is 2. The van der Waals surface area contributed by atoms with Crippen LogP contribution in [0.1, 0.15) is 36.1 Å². The summed E-state index contributed by atoms with van der Waals surface area (Å²) in [5.74, 6) is 0.305. The molecule has 2 fully saturated rings. The summed E-state index contributed by atoms with van der Waals surface area (Å²) in [4.78, 5) is 18.7. The van der Waals surface area contributed by atoms with Crippen LogP contribution in [0.25, 0.3) is 0 Å². The number of nitrogens with zero attached hydrogens (tertiary/aromatic N) is 2. The maximum atomic E-state index is 12.8. The SMILES string of the molecule is O=C(CN1CCc2sccc2C1)N1CCO[C@@H]2CCCC[C@H]21. The second-order valence-corrected chi connectivity index (χ2v) is 7.68. The maximum absolute atomic E-state index is 12.8. The molecule has 3 aliphatic rings. The van der Waals surface area contributed by atoms with Gasteiger partial charge in [0.25, 0.3) is 0 Å². The summed E-state index contributed by atoms with van der Waals surface area (Å²) in [5, 5.41) is 2.17. The molecule has 1 aromatic heterocycles. The van der Waals surface area contributed by atoms with Crippen molar-refractivity contribution in [3.63, 3.8) is 0 Å². The first-order chi connectivity index (χ1) is 10.8. The second kappa shape index (κ2) is 6.30. The fraction of sp³-hybridized carbons (Fsp3) is 0.706. The van der Waals surface area contributed by atoms with Crippen molar-refractivity contribution in [2.24, 2.45) is 0 Å². The number of amides is 1. The molecule has 1 aromatic rings. The van der Waals surface area contributed by atoms with E-state index in [4.69, 9.17) is 4.74 Å². The fourth-order valence-corrected chi connectivity index (χ4v) is 5.02. The van der Waals surface area contributed by atoms with Crippen molar-refractivity contribution in [3.05, 3.63) is 21.9 Å². The molecule has 0 radical (unpaired) electrons. The Labute approximate surface area is 136 Å². The molecule has 22 heavy (non-hydrogen) atoms. The summed E-state index contributed by atoms with van der Waals surface area (Å²) >= 11 is 1.85. The van der Waals surface area contributed by atoms with Crippen LogP contribution in [0.5, 0.6) is 0 Å². The van der Waals surface area contributed by atoms with Gasteiger partial charge in [0.2, 0.25) is 5.91 Å². The molecule has 5 heteroatoms. The van der Waals surface area contributed by atoms with Gasteiger partial charge < -0.3 is 9.64 Å². The lowest BCUT2D eigenvalue weighted by Gasteiger charge is -2.44. The molecule has 0 N–H and O–H groups in total. The number of carbonyl (C=O) groups excluding carboxylic acids is 1. The number of hydrogen-bond donors (Lipinski definition) is 0. The number of morpholine rings is 1. The maximum Gasteiger partial charge on any atom is 0.237 e. The molecule has 120 valence electrons. The lowest BCUT2D eigenvalue weighted by molar-refractivity contribution is -0.150. The Hall–Kier alpha value is -0.910. The van der Waals surface area contributed by atoms with Gasteiger partial charge in [-0.05, 0) is 36.3 Å². The molecular weight excluding hydrogens is 296 g/mol. The van der Waals surface area contributed by atoms with Gasteiger partial charge >= 0.3 is 0 Å². The predicted molar refractivity (Wildman–Crippen MR) is 87.0 cm³/mol. The number of hydrogen-bond acceptors (Lipinski definition) is 4. The van der Waals surface area contributed by atoms with Crippen LogP contribution in [0.3, 0.4) is 0 Å². The average molecular weight is 320 g/mol. The van der Waals surface area contributed by atoms with E-state index < -0.39 is 0 Å². The molecule has 4 rings (SSSR count). The minimum absolute atomic E-state index is 0.288. The topological polar surface area (TPSA) is 32.8 Å². The van der Waals surface area contributed by atoms with Crippen LogP contribution < -0.4 is 0 Å². The Kier molecular flexibility index (Phi) is 4.20. The van der Waals surface area contributed by atoms with Gasteiger partial charge in [-0.15, -0.1) is 11.3 Å². The van der Waals surface area contributed by atoms with Crippen molar-refractivity contribution in [2.75, 3.05) is 26.2 Å². The summed E-state index contributed by atoms with van der Waals surface area (Å²) in [5.41, 5.74) is 1.42. The first kappa shape index (κ1) is 14.7. The Morgan fingerprint density at radius 3 is 3.18 bits per heavy atom. The molecule has 2 atom stereocenters. The third-order valence-electron chi connectivity index (χ3n) is 5.30. The van der Waals surface area contributed by atoms with E-state index in [1.165, 1.54) is 23.3 Å². The van der Waals surface area contributed by atoms with Crippen LogP contribution in [0.4, 0.5) is 0 Å². The van der Waals surface area contributed by atoms with Gasteiger partial charge in [0.05, 0.1) is 25.3 Å². The molecule has 0 unspecified atom stereocenters. The summed E-state index contributed by atoms with van der Waals surface area (Å²) in [6, 6.07) is 2.54. The van der Waals surface area contributed by atoms with Crippen molar-refractivity contribution in [2.45, 2.75) is 50.8 Å². The summed E-state index contributed by atoms with van der Waals surface area (Å²) in [7, 11) is 0. The van der Waals surface area contributed by atoms with E-state index in [1.54, 1.807) is 0 Å². The van der Waals surface area contributed by atoms with E-state index in [-0.39, 0.29) is 6.10 Å². The third kappa shape index (κ3) is 2.82. The zero-order chi connectivity index (χ0) is 14.9. The van der Waals surface area contributed by atoms with Crippen molar-refractivity contribution >= 4 is 17.2 Å². The Balaban J connectivity index is 1.39. The Bertz CT molecular complexity index is 543. The van der Waals surface area contributed by atoms with E-state index in [0.29, 0.717) is 25.1 Å². The molecule has 0 spiro atoms. The first-order valence-corrected chi connectivity index (χ1v) is 9.38. The van der Waals surface area contributed by atoms with Gasteiger partial charge in [-0.1, -0.05) is 12.8 Å². The van der Waals surface area contributed by atoms with E-state index in [9.17, 15) is 4.79 Å². The molecule has 0 bridgehead atoms. The molecule has 4 nitrogen and oxygen atoms in total. The van der Waals surface area contributed by atoms with Crippen molar-refractivity contribution in [3.8, 4) is 0 Å². The van der Waals surface area contributed by atoms with Crippen molar-refractivity contribution in [1.82, 2.24) is 9.80 Å². The van der Waals surface area contributed by atoms with Crippen LogP contribution in [0.15, 0.2) is 11.4 Å². The van der Waals surface area contributed by atoms with Gasteiger partial charge in [0, 0.05) is 24.5 Å². The number of fused-ring (bicyclic) bond motifs is 2. The number of thiophene rings is 1. The minimum atomic E-state index is 0.288. The Morgan fingerprint density at radius 1 is 1.32 bits per heavy atom. The molecule has 1 saturated heterocycles. The van der Waals surface area contributed by atoms with Crippen LogP contribution in [-0.4, -0.2) is 54.1 Å².